The minimum absolute atomic E-state index is 1.10. The minimum atomic E-state index is -2.69. The molecule has 40 valence electrons. The predicted octanol–water partition coefficient (Wildman–Crippen LogP) is 0.554. The van der Waals surface area contributed by atoms with Crippen LogP contribution in [0.2, 0.25) is 0 Å². The monoisotopic (exact) mass is 120 g/mol. The molecule has 0 amide bonds. The maximum absolute atomic E-state index is 9.52. The highest BCUT2D eigenvalue weighted by Crippen LogP contribution is 2.07. The lowest BCUT2D eigenvalue weighted by Crippen LogP contribution is -1.83. The molecule has 0 fully saturated rings. The van der Waals surface area contributed by atoms with Gasteiger partial charge in [0, 0.05) is 0 Å². The average Bonchev–Trinajstić information content (AvgIpc) is 1.61. The topological polar surface area (TPSA) is 49.4 Å². The number of allylic oxidation sites excluding steroid dienone is 1. The van der Waals surface area contributed by atoms with Gasteiger partial charge in [-0.2, -0.15) is 0 Å². The van der Waals surface area contributed by atoms with Crippen LogP contribution in [0.5, 0.6) is 0 Å². The van der Waals surface area contributed by atoms with E-state index in [0.717, 1.165) is 6.26 Å². The second kappa shape index (κ2) is 3.78. The Morgan fingerprint density at radius 1 is 1.86 bits per heavy atom. The fourth-order valence-electron chi connectivity index (χ4n) is 0.111. The smallest absolute Gasteiger partial charge is 0.538 e. The van der Waals surface area contributed by atoms with Crippen LogP contribution in [0.1, 0.15) is 6.92 Å². The van der Waals surface area contributed by atoms with Gasteiger partial charge in [-0.25, -0.2) is 0 Å². The third-order valence-electron chi connectivity index (χ3n) is 0.283. The van der Waals surface area contributed by atoms with E-state index < -0.39 is 8.25 Å². The molecule has 1 atom stereocenters. The van der Waals surface area contributed by atoms with E-state index in [1.54, 1.807) is 6.92 Å². The number of rotatable bonds is 2. The van der Waals surface area contributed by atoms with Gasteiger partial charge >= 0.3 is 8.25 Å². The Hall–Kier alpha value is -0.400. The van der Waals surface area contributed by atoms with Crippen LogP contribution in [0.15, 0.2) is 12.3 Å². The van der Waals surface area contributed by atoms with Crippen molar-refractivity contribution in [1.82, 2.24) is 0 Å². The van der Waals surface area contributed by atoms with Crippen molar-refractivity contribution in [1.29, 1.82) is 0 Å². The van der Waals surface area contributed by atoms with Crippen LogP contribution >= 0.6 is 8.25 Å². The standard InChI is InChI=1S/C3H5O3P/c1-2-3-6-7(4)5/h2-3H,1H3/b3-2-. The van der Waals surface area contributed by atoms with Gasteiger partial charge in [0.25, 0.3) is 0 Å². The highest BCUT2D eigenvalue weighted by molar-refractivity contribution is 7.30. The van der Waals surface area contributed by atoms with E-state index >= 15 is 0 Å². The molecule has 0 rings (SSSR count). The van der Waals surface area contributed by atoms with Gasteiger partial charge in [-0.05, 0) is 17.6 Å². The van der Waals surface area contributed by atoms with Crippen molar-refractivity contribution in [3.05, 3.63) is 12.3 Å². The first-order chi connectivity index (χ1) is 3.27. The maximum atomic E-state index is 9.52. The molecule has 7 heavy (non-hydrogen) atoms. The van der Waals surface area contributed by atoms with E-state index in [1.165, 1.54) is 6.08 Å². The van der Waals surface area contributed by atoms with Crippen LogP contribution in [0.25, 0.3) is 0 Å². The SMILES string of the molecule is C/C=C\O[P+](=O)[O-]. The van der Waals surface area contributed by atoms with Crippen molar-refractivity contribution in [3.63, 3.8) is 0 Å². The summed E-state index contributed by atoms with van der Waals surface area (Å²) in [5.74, 6) is 0. The Labute approximate surface area is 42.6 Å². The molecule has 0 spiro atoms. The zero-order chi connectivity index (χ0) is 5.70. The van der Waals surface area contributed by atoms with Gasteiger partial charge in [-0.3, -0.25) is 4.52 Å². The lowest BCUT2D eigenvalue weighted by molar-refractivity contribution is -0.181. The minimum Gasteiger partial charge on any atom is -0.558 e. The quantitative estimate of drug-likeness (QED) is 0.395. The first-order valence-corrected chi connectivity index (χ1v) is 2.79. The van der Waals surface area contributed by atoms with E-state index in [-0.39, 0.29) is 0 Å². The van der Waals surface area contributed by atoms with Crippen LogP contribution in [-0.2, 0) is 9.09 Å². The number of hydrogen-bond acceptors (Lipinski definition) is 3. The summed E-state index contributed by atoms with van der Waals surface area (Å²) in [6.45, 7) is 1.67. The molecule has 0 N–H and O–H groups in total. The largest absolute Gasteiger partial charge is 0.558 e. The predicted molar refractivity (Wildman–Crippen MR) is 23.5 cm³/mol. The van der Waals surface area contributed by atoms with Crippen molar-refractivity contribution >= 4 is 8.25 Å². The molecule has 0 heterocycles. The molecule has 3 nitrogen and oxygen atoms in total. The number of hydrogen-bond donors (Lipinski definition) is 0. The Balaban J connectivity index is 3.14. The Bertz CT molecular complexity index is 88.2. The van der Waals surface area contributed by atoms with E-state index in [2.05, 4.69) is 4.52 Å². The summed E-state index contributed by atoms with van der Waals surface area (Å²) < 4.78 is 13.5. The summed E-state index contributed by atoms with van der Waals surface area (Å²) in [5.41, 5.74) is 0. The highest BCUT2D eigenvalue weighted by atomic mass is 31.1. The van der Waals surface area contributed by atoms with Crippen LogP contribution in [0.3, 0.4) is 0 Å². The van der Waals surface area contributed by atoms with Gasteiger partial charge in [0.2, 0.25) is 0 Å². The molecular weight excluding hydrogens is 115 g/mol. The molecule has 0 aromatic rings. The molecule has 0 aliphatic rings. The molecule has 4 heteroatoms. The van der Waals surface area contributed by atoms with Crippen molar-refractivity contribution in [2.75, 3.05) is 0 Å². The molecule has 0 aliphatic carbocycles. The highest BCUT2D eigenvalue weighted by Gasteiger charge is 1.90. The van der Waals surface area contributed by atoms with Crippen LogP contribution < -0.4 is 4.89 Å². The van der Waals surface area contributed by atoms with Gasteiger partial charge in [0.15, 0.2) is 0 Å². The third kappa shape index (κ3) is 5.60. The molecule has 0 saturated heterocycles. The van der Waals surface area contributed by atoms with E-state index in [4.69, 9.17) is 0 Å². The molecule has 0 saturated carbocycles. The molecular formula is C3H5O3P. The molecule has 0 bridgehead atoms. The van der Waals surface area contributed by atoms with Crippen molar-refractivity contribution in [2.24, 2.45) is 0 Å². The molecule has 0 aromatic heterocycles. The zero-order valence-electron chi connectivity index (χ0n) is 3.83. The summed E-state index contributed by atoms with van der Waals surface area (Å²) in [5, 5.41) is 0. The average molecular weight is 120 g/mol. The normalized spacial score (nSPS) is 12.0. The molecule has 0 aliphatic heterocycles. The lowest BCUT2D eigenvalue weighted by atomic mass is 10.8. The van der Waals surface area contributed by atoms with Gasteiger partial charge in [-0.1, -0.05) is 0 Å². The van der Waals surface area contributed by atoms with Crippen molar-refractivity contribution in [2.45, 2.75) is 6.92 Å². The lowest BCUT2D eigenvalue weighted by Gasteiger charge is -1.77. The second-order valence-corrected chi connectivity index (χ2v) is 1.46. The van der Waals surface area contributed by atoms with Gasteiger partial charge in [0.05, 0.1) is 0 Å². The van der Waals surface area contributed by atoms with E-state index in [9.17, 15) is 9.46 Å². The van der Waals surface area contributed by atoms with Crippen LogP contribution in [-0.4, -0.2) is 0 Å². The summed E-state index contributed by atoms with van der Waals surface area (Å²) in [6.07, 6.45) is 2.59. The fourth-order valence-corrected chi connectivity index (χ4v) is 0.332. The van der Waals surface area contributed by atoms with Crippen LogP contribution in [0, 0.1) is 0 Å². The van der Waals surface area contributed by atoms with Crippen molar-refractivity contribution in [3.8, 4) is 0 Å². The Morgan fingerprint density at radius 2 is 2.43 bits per heavy atom. The van der Waals surface area contributed by atoms with Crippen LogP contribution in [0.4, 0.5) is 0 Å². The van der Waals surface area contributed by atoms with E-state index in [1.807, 2.05) is 0 Å². The summed E-state index contributed by atoms with van der Waals surface area (Å²) >= 11 is 0. The van der Waals surface area contributed by atoms with Gasteiger partial charge in [-0.15, -0.1) is 0 Å². The first-order valence-electron chi connectivity index (χ1n) is 1.69. The molecule has 0 aromatic carbocycles. The Kier molecular flexibility index (Phi) is 3.56. The zero-order valence-corrected chi connectivity index (χ0v) is 4.72. The second-order valence-electron chi connectivity index (χ2n) is 0.798. The molecule has 0 radical (unpaired) electrons. The summed E-state index contributed by atoms with van der Waals surface area (Å²) in [4.78, 5) is 9.52. The van der Waals surface area contributed by atoms with E-state index in [0.29, 0.717) is 0 Å². The third-order valence-corrected chi connectivity index (χ3v) is 0.577. The van der Waals surface area contributed by atoms with Gasteiger partial charge < -0.3 is 4.89 Å². The Morgan fingerprint density at radius 3 is 2.57 bits per heavy atom. The maximum Gasteiger partial charge on any atom is 0.538 e. The van der Waals surface area contributed by atoms with Gasteiger partial charge in [0.1, 0.15) is 6.26 Å². The fraction of sp³-hybridized carbons (Fsp3) is 0.333. The van der Waals surface area contributed by atoms with Crippen molar-refractivity contribution < 1.29 is 14.0 Å². The summed E-state index contributed by atoms with van der Waals surface area (Å²) in [6, 6.07) is 0. The molecule has 1 unspecified atom stereocenters. The first kappa shape index (κ1) is 6.60. The summed E-state index contributed by atoms with van der Waals surface area (Å²) in [7, 11) is -2.69.